The van der Waals surface area contributed by atoms with Crippen molar-refractivity contribution in [2.24, 2.45) is 0 Å². The van der Waals surface area contributed by atoms with Gasteiger partial charge in [0.1, 0.15) is 11.9 Å². The van der Waals surface area contributed by atoms with E-state index >= 15 is 0 Å². The molecule has 1 aliphatic heterocycles. The van der Waals surface area contributed by atoms with E-state index in [9.17, 15) is 0 Å². The van der Waals surface area contributed by atoms with Crippen molar-refractivity contribution in [2.75, 3.05) is 0 Å². The molecular weight excluding hydrogens is 186 g/mol. The summed E-state index contributed by atoms with van der Waals surface area (Å²) in [5.41, 5.74) is 1.62. The van der Waals surface area contributed by atoms with Crippen molar-refractivity contribution >= 4 is 11.6 Å². The maximum absolute atomic E-state index is 8.83. The number of nitriles is 1. The third kappa shape index (κ3) is 1.26. The number of rotatable bonds is 0. The minimum absolute atomic E-state index is 0.127. The van der Waals surface area contributed by atoms with Gasteiger partial charge in [0.2, 0.25) is 0 Å². The predicted octanol–water partition coefficient (Wildman–Crippen LogP) is 2.54. The summed E-state index contributed by atoms with van der Waals surface area (Å²) >= 11 is 5.93. The summed E-state index contributed by atoms with van der Waals surface area (Å²) < 4.78 is 5.50. The lowest BCUT2D eigenvalue weighted by Gasteiger charge is -2.03. The summed E-state index contributed by atoms with van der Waals surface area (Å²) in [6.07, 6.45) is 0.903. The van der Waals surface area contributed by atoms with Crippen molar-refractivity contribution in [3.05, 3.63) is 28.3 Å². The van der Waals surface area contributed by atoms with E-state index in [2.05, 4.69) is 6.07 Å². The number of halogens is 1. The highest BCUT2D eigenvalue weighted by Crippen LogP contribution is 2.37. The van der Waals surface area contributed by atoms with Gasteiger partial charge in [-0.25, -0.2) is 0 Å². The van der Waals surface area contributed by atoms with E-state index in [1.165, 1.54) is 0 Å². The number of hydrogen-bond donors (Lipinski definition) is 0. The van der Waals surface area contributed by atoms with E-state index in [1.807, 2.05) is 6.92 Å². The Kier molecular flexibility index (Phi) is 1.90. The van der Waals surface area contributed by atoms with Crippen LogP contribution in [0.5, 0.6) is 5.75 Å². The van der Waals surface area contributed by atoms with Crippen molar-refractivity contribution in [2.45, 2.75) is 19.4 Å². The molecule has 1 aliphatic rings. The van der Waals surface area contributed by atoms with Gasteiger partial charge in [-0.3, -0.25) is 0 Å². The summed E-state index contributed by atoms with van der Waals surface area (Å²) in [6, 6.07) is 5.58. The van der Waals surface area contributed by atoms with Gasteiger partial charge in [0.15, 0.2) is 0 Å². The molecule has 0 saturated carbocycles. The van der Waals surface area contributed by atoms with Crippen LogP contribution >= 0.6 is 11.6 Å². The summed E-state index contributed by atoms with van der Waals surface area (Å²) in [5.74, 6) is 0.688. The Hall–Kier alpha value is -1.20. The Labute approximate surface area is 81.7 Å². The second-order valence-corrected chi connectivity index (χ2v) is 3.55. The van der Waals surface area contributed by atoms with Gasteiger partial charge >= 0.3 is 0 Å². The van der Waals surface area contributed by atoms with E-state index in [0.29, 0.717) is 16.3 Å². The normalized spacial score (nSPS) is 19.0. The van der Waals surface area contributed by atoms with Crippen LogP contribution in [0, 0.1) is 11.3 Å². The van der Waals surface area contributed by atoms with Gasteiger partial charge in [-0.2, -0.15) is 5.26 Å². The van der Waals surface area contributed by atoms with E-state index < -0.39 is 0 Å². The summed E-state index contributed by atoms with van der Waals surface area (Å²) in [7, 11) is 0. The molecule has 0 saturated heterocycles. The van der Waals surface area contributed by atoms with Gasteiger partial charge in [-0.1, -0.05) is 11.6 Å². The molecule has 1 atom stereocenters. The van der Waals surface area contributed by atoms with Crippen LogP contribution in [0.4, 0.5) is 0 Å². The van der Waals surface area contributed by atoms with E-state index in [0.717, 1.165) is 12.0 Å². The topological polar surface area (TPSA) is 33.0 Å². The van der Waals surface area contributed by atoms with Crippen molar-refractivity contribution < 1.29 is 4.74 Å². The van der Waals surface area contributed by atoms with Gasteiger partial charge in [-0.05, 0) is 19.1 Å². The van der Waals surface area contributed by atoms with Crippen LogP contribution in [0.1, 0.15) is 18.1 Å². The van der Waals surface area contributed by atoms with Gasteiger partial charge in [0.05, 0.1) is 16.7 Å². The van der Waals surface area contributed by atoms with E-state index in [-0.39, 0.29) is 6.10 Å². The molecule has 0 aliphatic carbocycles. The molecule has 1 aromatic rings. The predicted molar refractivity (Wildman–Crippen MR) is 50.0 cm³/mol. The van der Waals surface area contributed by atoms with Gasteiger partial charge in [0.25, 0.3) is 0 Å². The number of nitrogens with zero attached hydrogens (tertiary/aromatic N) is 1. The Morgan fingerprint density at radius 1 is 1.62 bits per heavy atom. The molecule has 0 N–H and O–H groups in total. The lowest BCUT2D eigenvalue weighted by Crippen LogP contribution is -2.05. The molecule has 1 aromatic carbocycles. The summed E-state index contributed by atoms with van der Waals surface area (Å²) in [6.45, 7) is 1.97. The molecule has 0 radical (unpaired) electrons. The van der Waals surface area contributed by atoms with Crippen LogP contribution < -0.4 is 4.74 Å². The molecule has 2 nitrogen and oxygen atoms in total. The zero-order valence-corrected chi connectivity index (χ0v) is 7.93. The first-order valence-electron chi connectivity index (χ1n) is 4.10. The number of benzene rings is 1. The monoisotopic (exact) mass is 193 g/mol. The molecule has 0 spiro atoms. The van der Waals surface area contributed by atoms with Crippen LogP contribution in [0.3, 0.4) is 0 Å². The molecule has 2 rings (SSSR count). The molecule has 0 amide bonds. The highest BCUT2D eigenvalue weighted by atomic mass is 35.5. The largest absolute Gasteiger partial charge is 0.488 e. The second-order valence-electron chi connectivity index (χ2n) is 3.15. The minimum Gasteiger partial charge on any atom is -0.488 e. The number of hydrogen-bond acceptors (Lipinski definition) is 2. The zero-order valence-electron chi connectivity index (χ0n) is 7.17. The first kappa shape index (κ1) is 8.40. The number of fused-ring (bicyclic) bond motifs is 1. The van der Waals surface area contributed by atoms with Gasteiger partial charge in [-0.15, -0.1) is 0 Å². The Morgan fingerprint density at radius 3 is 3.08 bits per heavy atom. The third-order valence-electron chi connectivity index (χ3n) is 2.14. The van der Waals surface area contributed by atoms with Crippen molar-refractivity contribution in [1.29, 1.82) is 5.26 Å². The van der Waals surface area contributed by atoms with Crippen LogP contribution in [-0.2, 0) is 6.42 Å². The average Bonchev–Trinajstić information content (AvgIpc) is 2.48. The molecule has 0 aromatic heterocycles. The van der Waals surface area contributed by atoms with Crippen molar-refractivity contribution in [3.63, 3.8) is 0 Å². The maximum Gasteiger partial charge on any atom is 0.142 e. The third-order valence-corrected chi connectivity index (χ3v) is 2.44. The molecule has 66 valence electrons. The molecule has 13 heavy (non-hydrogen) atoms. The minimum atomic E-state index is 0.127. The zero-order chi connectivity index (χ0) is 9.42. The highest BCUT2D eigenvalue weighted by molar-refractivity contribution is 6.32. The first-order chi connectivity index (χ1) is 6.22. The van der Waals surface area contributed by atoms with Crippen molar-refractivity contribution in [1.82, 2.24) is 0 Å². The second kappa shape index (κ2) is 2.93. The van der Waals surface area contributed by atoms with Crippen LogP contribution in [0.25, 0.3) is 0 Å². The fourth-order valence-corrected chi connectivity index (χ4v) is 1.79. The summed E-state index contributed by atoms with van der Waals surface area (Å²) in [5, 5.41) is 9.43. The average molecular weight is 194 g/mol. The fraction of sp³-hybridized carbons (Fsp3) is 0.300. The molecule has 0 bridgehead atoms. The Morgan fingerprint density at radius 2 is 2.38 bits per heavy atom. The van der Waals surface area contributed by atoms with Crippen LogP contribution in [0.15, 0.2) is 12.1 Å². The van der Waals surface area contributed by atoms with E-state index in [4.69, 9.17) is 21.6 Å². The first-order valence-corrected chi connectivity index (χ1v) is 4.48. The fourth-order valence-electron chi connectivity index (χ4n) is 1.56. The molecule has 0 fully saturated rings. The van der Waals surface area contributed by atoms with Crippen LogP contribution in [0.2, 0.25) is 5.02 Å². The number of ether oxygens (including phenoxy) is 1. The standard InChI is InChI=1S/C10H8ClNO/c1-6-4-8-7(5-12)2-3-9(11)10(8)13-6/h2-3,6H,4H2,1H3. The summed E-state index contributed by atoms with van der Waals surface area (Å²) in [4.78, 5) is 0. The Bertz CT molecular complexity index is 395. The van der Waals surface area contributed by atoms with Crippen molar-refractivity contribution in [3.8, 4) is 11.8 Å². The molecule has 1 heterocycles. The maximum atomic E-state index is 8.83. The smallest absolute Gasteiger partial charge is 0.142 e. The van der Waals surface area contributed by atoms with Crippen LogP contribution in [-0.4, -0.2) is 6.10 Å². The highest BCUT2D eigenvalue weighted by Gasteiger charge is 2.24. The lowest BCUT2D eigenvalue weighted by molar-refractivity contribution is 0.255. The Balaban J connectivity index is 2.60. The molecule has 3 heteroatoms. The molecular formula is C10H8ClNO. The SMILES string of the molecule is CC1Cc2c(C#N)ccc(Cl)c2O1. The lowest BCUT2D eigenvalue weighted by atomic mass is 10.0. The molecule has 1 unspecified atom stereocenters. The van der Waals surface area contributed by atoms with E-state index in [1.54, 1.807) is 12.1 Å². The quantitative estimate of drug-likeness (QED) is 0.635. The van der Waals surface area contributed by atoms with Gasteiger partial charge in [0, 0.05) is 12.0 Å². The van der Waals surface area contributed by atoms with Gasteiger partial charge < -0.3 is 4.74 Å².